The van der Waals surface area contributed by atoms with E-state index in [9.17, 15) is 4.79 Å². The summed E-state index contributed by atoms with van der Waals surface area (Å²) < 4.78 is 0. The molecule has 0 spiro atoms. The molecule has 0 N–H and O–H groups in total. The summed E-state index contributed by atoms with van der Waals surface area (Å²) >= 11 is 0. The third-order valence-corrected chi connectivity index (χ3v) is 3.73. The van der Waals surface area contributed by atoms with E-state index < -0.39 is 0 Å². The fraction of sp³-hybridized carbons (Fsp3) is 0.316. The zero-order valence-corrected chi connectivity index (χ0v) is 12.7. The maximum atomic E-state index is 12.5. The van der Waals surface area contributed by atoms with Crippen LogP contribution in [0.2, 0.25) is 0 Å². The lowest BCUT2D eigenvalue weighted by molar-refractivity contribution is 0.0966. The molecule has 0 bridgehead atoms. The molecule has 1 unspecified atom stereocenters. The Bertz CT molecular complexity index is 573. The zero-order valence-electron chi connectivity index (χ0n) is 12.7. The van der Waals surface area contributed by atoms with Crippen LogP contribution in [-0.2, 0) is 5.41 Å². The summed E-state index contributed by atoms with van der Waals surface area (Å²) in [5.41, 5.74) is 3.22. The first kappa shape index (κ1) is 14.5. The molecule has 0 heterocycles. The Labute approximate surface area is 121 Å². The molecule has 0 radical (unpaired) electrons. The van der Waals surface area contributed by atoms with Crippen molar-refractivity contribution in [2.75, 3.05) is 0 Å². The van der Waals surface area contributed by atoms with Gasteiger partial charge < -0.3 is 0 Å². The van der Waals surface area contributed by atoms with E-state index in [-0.39, 0.29) is 17.1 Å². The van der Waals surface area contributed by atoms with Crippen molar-refractivity contribution in [2.45, 2.75) is 39.0 Å². The van der Waals surface area contributed by atoms with E-state index in [1.54, 1.807) is 0 Å². The maximum absolute atomic E-state index is 12.5. The van der Waals surface area contributed by atoms with E-state index in [1.807, 2.05) is 49.4 Å². The minimum absolute atomic E-state index is 0.100. The summed E-state index contributed by atoms with van der Waals surface area (Å²) in [6, 6.07) is 17.9. The Balaban J connectivity index is 2.22. The molecule has 104 valence electrons. The second-order valence-electron chi connectivity index (χ2n) is 6.32. The molecule has 2 aromatic carbocycles. The first-order valence-electron chi connectivity index (χ1n) is 7.09. The fourth-order valence-corrected chi connectivity index (χ4v) is 2.28. The molecule has 2 rings (SSSR count). The van der Waals surface area contributed by atoms with Crippen LogP contribution in [0, 0.1) is 0 Å². The summed E-state index contributed by atoms with van der Waals surface area (Å²) in [5, 5.41) is 0. The first-order valence-corrected chi connectivity index (χ1v) is 7.09. The number of rotatable bonds is 3. The molecule has 20 heavy (non-hydrogen) atoms. The molecule has 0 amide bonds. The predicted octanol–water partition coefficient (Wildman–Crippen LogP) is 4.97. The van der Waals surface area contributed by atoms with Gasteiger partial charge in [0.05, 0.1) is 0 Å². The van der Waals surface area contributed by atoms with Crippen molar-refractivity contribution in [1.82, 2.24) is 0 Å². The van der Waals surface area contributed by atoms with E-state index in [1.165, 1.54) is 5.56 Å². The van der Waals surface area contributed by atoms with Gasteiger partial charge in [-0.2, -0.15) is 0 Å². The highest BCUT2D eigenvalue weighted by atomic mass is 16.1. The van der Waals surface area contributed by atoms with E-state index in [0.29, 0.717) is 0 Å². The van der Waals surface area contributed by atoms with Gasteiger partial charge in [0.1, 0.15) is 0 Å². The second kappa shape index (κ2) is 5.62. The van der Waals surface area contributed by atoms with E-state index in [2.05, 4.69) is 32.9 Å². The lowest BCUT2D eigenvalue weighted by Gasteiger charge is -2.19. The van der Waals surface area contributed by atoms with Crippen LogP contribution >= 0.6 is 0 Å². The maximum Gasteiger partial charge on any atom is 0.170 e. The average molecular weight is 266 g/mol. The van der Waals surface area contributed by atoms with Crippen molar-refractivity contribution < 1.29 is 4.79 Å². The quantitative estimate of drug-likeness (QED) is 0.717. The summed E-state index contributed by atoms with van der Waals surface area (Å²) in [6.07, 6.45) is 0. The lowest BCUT2D eigenvalue weighted by Crippen LogP contribution is -2.13. The molecular formula is C19H22O. The monoisotopic (exact) mass is 266 g/mol. The Morgan fingerprint density at radius 1 is 0.900 bits per heavy atom. The number of hydrogen-bond donors (Lipinski definition) is 0. The zero-order chi connectivity index (χ0) is 14.8. The van der Waals surface area contributed by atoms with Crippen molar-refractivity contribution in [1.29, 1.82) is 0 Å². The largest absolute Gasteiger partial charge is 0.294 e. The Morgan fingerprint density at radius 2 is 1.45 bits per heavy atom. The fourth-order valence-electron chi connectivity index (χ4n) is 2.28. The topological polar surface area (TPSA) is 17.1 Å². The van der Waals surface area contributed by atoms with Crippen molar-refractivity contribution >= 4 is 5.78 Å². The third kappa shape index (κ3) is 3.16. The number of hydrogen-bond acceptors (Lipinski definition) is 1. The summed E-state index contributed by atoms with van der Waals surface area (Å²) in [4.78, 5) is 12.5. The van der Waals surface area contributed by atoms with Gasteiger partial charge in [-0.05, 0) is 16.5 Å². The predicted molar refractivity (Wildman–Crippen MR) is 84.3 cm³/mol. The third-order valence-electron chi connectivity index (χ3n) is 3.73. The van der Waals surface area contributed by atoms with Crippen molar-refractivity contribution in [3.8, 4) is 0 Å². The van der Waals surface area contributed by atoms with E-state index >= 15 is 0 Å². The molecule has 1 atom stereocenters. The van der Waals surface area contributed by atoms with Gasteiger partial charge in [0.15, 0.2) is 5.78 Å². The number of Topliss-reactive ketones (excluding diaryl/α,β-unsaturated/α-hetero) is 1. The Morgan fingerprint density at radius 3 is 1.95 bits per heavy atom. The minimum Gasteiger partial charge on any atom is -0.294 e. The van der Waals surface area contributed by atoms with E-state index in [0.717, 1.165) is 11.1 Å². The van der Waals surface area contributed by atoms with Crippen molar-refractivity contribution in [3.63, 3.8) is 0 Å². The molecule has 1 nitrogen and oxygen atoms in total. The highest BCUT2D eigenvalue weighted by Gasteiger charge is 2.18. The van der Waals surface area contributed by atoms with Crippen LogP contribution in [0.4, 0.5) is 0 Å². The van der Waals surface area contributed by atoms with Gasteiger partial charge in [-0.3, -0.25) is 4.79 Å². The number of ketones is 1. The van der Waals surface area contributed by atoms with Gasteiger partial charge in [0, 0.05) is 11.5 Å². The molecule has 2 aromatic rings. The molecule has 1 heteroatoms. The van der Waals surface area contributed by atoms with Gasteiger partial charge >= 0.3 is 0 Å². The van der Waals surface area contributed by atoms with Gasteiger partial charge in [0.2, 0.25) is 0 Å². The highest BCUT2D eigenvalue weighted by molar-refractivity contribution is 6.00. The average Bonchev–Trinajstić information content (AvgIpc) is 2.46. The van der Waals surface area contributed by atoms with Crippen molar-refractivity contribution in [2.24, 2.45) is 0 Å². The van der Waals surface area contributed by atoms with Gasteiger partial charge in [0.25, 0.3) is 0 Å². The molecule has 0 aliphatic rings. The van der Waals surface area contributed by atoms with Crippen molar-refractivity contribution in [3.05, 3.63) is 71.3 Å². The normalized spacial score (nSPS) is 13.0. The van der Waals surface area contributed by atoms with Gasteiger partial charge in [-0.25, -0.2) is 0 Å². The summed E-state index contributed by atoms with van der Waals surface area (Å²) in [7, 11) is 0. The van der Waals surface area contributed by atoms with Crippen LogP contribution in [0.15, 0.2) is 54.6 Å². The Kier molecular flexibility index (Phi) is 4.08. The molecule has 0 fully saturated rings. The molecule has 0 aliphatic heterocycles. The molecule has 0 saturated carbocycles. The number of carbonyl (C=O) groups excluding carboxylic acids is 1. The number of benzene rings is 2. The first-order chi connectivity index (χ1) is 9.39. The van der Waals surface area contributed by atoms with Crippen LogP contribution in [0.25, 0.3) is 0 Å². The SMILES string of the molecule is CC(C(=O)c1ccc(C(C)(C)C)cc1)c1ccccc1. The standard InChI is InChI=1S/C19H22O/c1-14(15-8-6-5-7-9-15)18(20)16-10-12-17(13-11-16)19(2,3)4/h5-14H,1-4H3. The highest BCUT2D eigenvalue weighted by Crippen LogP contribution is 2.25. The number of carbonyl (C=O) groups is 1. The van der Waals surface area contributed by atoms with Gasteiger partial charge in [-0.15, -0.1) is 0 Å². The van der Waals surface area contributed by atoms with Crippen LogP contribution < -0.4 is 0 Å². The lowest BCUT2D eigenvalue weighted by atomic mass is 9.85. The van der Waals surface area contributed by atoms with Crippen LogP contribution in [0.3, 0.4) is 0 Å². The Hall–Kier alpha value is -1.89. The molecule has 0 saturated heterocycles. The minimum atomic E-state index is -0.100. The van der Waals surface area contributed by atoms with E-state index in [4.69, 9.17) is 0 Å². The van der Waals surface area contributed by atoms with Crippen LogP contribution in [0.1, 0.15) is 55.1 Å². The summed E-state index contributed by atoms with van der Waals surface area (Å²) in [5.74, 6) is 0.0772. The van der Waals surface area contributed by atoms with Crippen LogP contribution in [0.5, 0.6) is 0 Å². The van der Waals surface area contributed by atoms with Gasteiger partial charge in [-0.1, -0.05) is 82.3 Å². The second-order valence-corrected chi connectivity index (χ2v) is 6.32. The molecule has 0 aromatic heterocycles. The smallest absolute Gasteiger partial charge is 0.170 e. The molecule has 0 aliphatic carbocycles. The summed E-state index contributed by atoms with van der Waals surface area (Å²) in [6.45, 7) is 8.50. The molecular weight excluding hydrogens is 244 g/mol. The van der Waals surface area contributed by atoms with Crippen LogP contribution in [-0.4, -0.2) is 5.78 Å².